The lowest BCUT2D eigenvalue weighted by molar-refractivity contribution is -0.137. The van der Waals surface area contributed by atoms with Gasteiger partial charge in [0.1, 0.15) is 5.82 Å². The molecule has 3 heterocycles. The number of hydrogen-bond acceptors (Lipinski definition) is 7. The van der Waals surface area contributed by atoms with Crippen molar-refractivity contribution in [2.24, 2.45) is 0 Å². The molecule has 0 spiro atoms. The normalized spacial score (nSPS) is 11.5. The fourth-order valence-corrected chi connectivity index (χ4v) is 2.91. The minimum Gasteiger partial charge on any atom is -0.481 e. The zero-order valence-corrected chi connectivity index (χ0v) is 17.1. The standard InChI is InChI=1S/C21H24N6O4/c1-31-19-7-6-15(12-24-19)17(11-20(28)29)26-21(30)16-13-25-27(14-16)10-4-9-23-18-5-2-3-8-22-18/h2-3,5-8,12-14,17H,4,9-11H2,1H3,(H,22,23)(H,26,30)(H,28,29)/t17-/m0/s1. The first kappa shape index (κ1) is 21.8. The summed E-state index contributed by atoms with van der Waals surface area (Å²) in [5, 5.41) is 19.4. The van der Waals surface area contributed by atoms with Gasteiger partial charge in [-0.15, -0.1) is 0 Å². The van der Waals surface area contributed by atoms with E-state index >= 15 is 0 Å². The van der Waals surface area contributed by atoms with E-state index in [9.17, 15) is 14.7 Å². The van der Waals surface area contributed by atoms with E-state index in [-0.39, 0.29) is 6.42 Å². The van der Waals surface area contributed by atoms with Crippen molar-refractivity contribution in [2.75, 3.05) is 19.0 Å². The highest BCUT2D eigenvalue weighted by atomic mass is 16.5. The van der Waals surface area contributed by atoms with E-state index in [0.29, 0.717) is 30.1 Å². The molecule has 0 saturated carbocycles. The number of carbonyl (C=O) groups is 2. The average molecular weight is 424 g/mol. The fourth-order valence-electron chi connectivity index (χ4n) is 2.91. The number of aromatic nitrogens is 4. The van der Waals surface area contributed by atoms with Gasteiger partial charge in [0.05, 0.1) is 31.3 Å². The number of carboxylic acid groups (broad SMARTS) is 1. The molecule has 3 aromatic heterocycles. The summed E-state index contributed by atoms with van der Waals surface area (Å²) in [6.07, 6.45) is 6.84. The molecule has 0 saturated heterocycles. The molecule has 0 unspecified atom stereocenters. The molecule has 3 aromatic rings. The van der Waals surface area contributed by atoms with Crippen molar-refractivity contribution >= 4 is 17.7 Å². The highest BCUT2D eigenvalue weighted by Gasteiger charge is 2.20. The molecule has 1 atom stereocenters. The van der Waals surface area contributed by atoms with Crippen molar-refractivity contribution in [2.45, 2.75) is 25.4 Å². The third-order valence-corrected chi connectivity index (χ3v) is 4.49. The second kappa shape index (κ2) is 10.7. The Balaban J connectivity index is 1.55. The lowest BCUT2D eigenvalue weighted by Crippen LogP contribution is -2.30. The molecule has 0 fully saturated rings. The number of aliphatic carboxylic acids is 1. The topological polar surface area (TPSA) is 131 Å². The Morgan fingerprint density at radius 2 is 2.06 bits per heavy atom. The lowest BCUT2D eigenvalue weighted by Gasteiger charge is -2.17. The van der Waals surface area contributed by atoms with Gasteiger partial charge in [0, 0.05) is 37.7 Å². The number of pyridine rings is 2. The van der Waals surface area contributed by atoms with Gasteiger partial charge in [-0.05, 0) is 24.1 Å². The molecule has 0 aliphatic carbocycles. The van der Waals surface area contributed by atoms with Crippen LogP contribution in [-0.4, -0.2) is 50.4 Å². The van der Waals surface area contributed by atoms with Gasteiger partial charge in [-0.25, -0.2) is 9.97 Å². The second-order valence-electron chi connectivity index (χ2n) is 6.75. The van der Waals surface area contributed by atoms with E-state index < -0.39 is 17.9 Å². The Labute approximate surface area is 179 Å². The van der Waals surface area contributed by atoms with Gasteiger partial charge in [-0.1, -0.05) is 12.1 Å². The number of aryl methyl sites for hydroxylation is 1. The summed E-state index contributed by atoms with van der Waals surface area (Å²) in [4.78, 5) is 32.2. The molecule has 3 rings (SSSR count). The summed E-state index contributed by atoms with van der Waals surface area (Å²) < 4.78 is 6.69. The summed E-state index contributed by atoms with van der Waals surface area (Å²) in [6.45, 7) is 1.33. The van der Waals surface area contributed by atoms with Gasteiger partial charge < -0.3 is 20.5 Å². The van der Waals surface area contributed by atoms with Crippen molar-refractivity contribution in [3.63, 3.8) is 0 Å². The SMILES string of the molecule is COc1ccc([C@H](CC(=O)O)NC(=O)c2cnn(CCCNc3ccccn3)c2)cn1. The number of hydrogen-bond donors (Lipinski definition) is 3. The molecule has 1 amide bonds. The van der Waals surface area contributed by atoms with E-state index in [0.717, 1.165) is 12.2 Å². The van der Waals surface area contributed by atoms with Crippen LogP contribution in [0.2, 0.25) is 0 Å². The summed E-state index contributed by atoms with van der Waals surface area (Å²) >= 11 is 0. The summed E-state index contributed by atoms with van der Waals surface area (Å²) in [6, 6.07) is 8.23. The van der Waals surface area contributed by atoms with Crippen molar-refractivity contribution in [1.82, 2.24) is 25.1 Å². The van der Waals surface area contributed by atoms with Crippen LogP contribution in [0.4, 0.5) is 5.82 Å². The Kier molecular flexibility index (Phi) is 7.52. The van der Waals surface area contributed by atoms with Gasteiger partial charge >= 0.3 is 5.97 Å². The van der Waals surface area contributed by atoms with Crippen LogP contribution in [0.1, 0.15) is 34.8 Å². The third-order valence-electron chi connectivity index (χ3n) is 4.49. The van der Waals surface area contributed by atoms with Crippen LogP contribution < -0.4 is 15.4 Å². The Morgan fingerprint density at radius 1 is 1.19 bits per heavy atom. The molecule has 10 heteroatoms. The maximum Gasteiger partial charge on any atom is 0.305 e. The van der Waals surface area contributed by atoms with Crippen molar-refractivity contribution < 1.29 is 19.4 Å². The molecule has 0 aliphatic rings. The monoisotopic (exact) mass is 424 g/mol. The first-order valence-electron chi connectivity index (χ1n) is 9.75. The summed E-state index contributed by atoms with van der Waals surface area (Å²) in [7, 11) is 1.49. The maximum absolute atomic E-state index is 12.6. The van der Waals surface area contributed by atoms with E-state index in [1.54, 1.807) is 29.2 Å². The summed E-state index contributed by atoms with van der Waals surface area (Å²) in [5.41, 5.74) is 0.930. The van der Waals surface area contributed by atoms with Crippen LogP contribution in [0.15, 0.2) is 55.1 Å². The van der Waals surface area contributed by atoms with Gasteiger partial charge in [0.2, 0.25) is 5.88 Å². The van der Waals surface area contributed by atoms with Gasteiger partial charge in [0.25, 0.3) is 5.91 Å². The number of carboxylic acids is 1. The fraction of sp³-hybridized carbons (Fsp3) is 0.286. The van der Waals surface area contributed by atoms with E-state index in [2.05, 4.69) is 25.7 Å². The molecule has 31 heavy (non-hydrogen) atoms. The number of amides is 1. The lowest BCUT2D eigenvalue weighted by atomic mass is 10.1. The van der Waals surface area contributed by atoms with Crippen molar-refractivity contribution in [3.8, 4) is 5.88 Å². The quantitative estimate of drug-likeness (QED) is 0.399. The number of ether oxygens (including phenoxy) is 1. The van der Waals surface area contributed by atoms with Crippen LogP contribution >= 0.6 is 0 Å². The molecule has 0 radical (unpaired) electrons. The molecule has 162 valence electrons. The molecule has 0 aliphatic heterocycles. The molecule has 0 bridgehead atoms. The minimum atomic E-state index is -1.03. The van der Waals surface area contributed by atoms with Crippen LogP contribution in [0.25, 0.3) is 0 Å². The molecular weight excluding hydrogens is 400 g/mol. The minimum absolute atomic E-state index is 0.271. The first-order valence-corrected chi connectivity index (χ1v) is 9.75. The number of anilines is 1. The van der Waals surface area contributed by atoms with Crippen LogP contribution in [0.3, 0.4) is 0 Å². The zero-order chi connectivity index (χ0) is 22.1. The zero-order valence-electron chi connectivity index (χ0n) is 17.1. The van der Waals surface area contributed by atoms with E-state index in [1.807, 2.05) is 18.2 Å². The highest BCUT2D eigenvalue weighted by molar-refractivity contribution is 5.94. The number of nitrogens with one attached hydrogen (secondary N) is 2. The molecule has 0 aromatic carbocycles. The average Bonchev–Trinajstić information content (AvgIpc) is 3.26. The molecular formula is C21H24N6O4. The molecule has 10 nitrogen and oxygen atoms in total. The number of methoxy groups -OCH3 is 1. The van der Waals surface area contributed by atoms with Crippen molar-refractivity contribution in [3.05, 3.63) is 66.2 Å². The van der Waals surface area contributed by atoms with Gasteiger partial charge in [-0.2, -0.15) is 5.10 Å². The predicted molar refractivity (Wildman–Crippen MR) is 113 cm³/mol. The summed E-state index contributed by atoms with van der Waals surface area (Å²) in [5.74, 6) is -0.222. The van der Waals surface area contributed by atoms with Crippen LogP contribution in [0, 0.1) is 0 Å². The number of rotatable bonds is 11. The first-order chi connectivity index (χ1) is 15.0. The van der Waals surface area contributed by atoms with E-state index in [4.69, 9.17) is 4.74 Å². The number of carbonyl (C=O) groups excluding carboxylic acids is 1. The smallest absolute Gasteiger partial charge is 0.305 e. The van der Waals surface area contributed by atoms with Crippen molar-refractivity contribution in [1.29, 1.82) is 0 Å². The predicted octanol–water partition coefficient (Wildman–Crippen LogP) is 2.13. The Hall–Kier alpha value is -3.95. The Morgan fingerprint density at radius 3 is 2.74 bits per heavy atom. The highest BCUT2D eigenvalue weighted by Crippen LogP contribution is 2.19. The van der Waals surface area contributed by atoms with Crippen LogP contribution in [0.5, 0.6) is 5.88 Å². The Bertz CT molecular complexity index is 991. The molecule has 3 N–H and O–H groups in total. The second-order valence-corrected chi connectivity index (χ2v) is 6.75. The van der Waals surface area contributed by atoms with Gasteiger partial charge in [-0.3, -0.25) is 14.3 Å². The van der Waals surface area contributed by atoms with E-state index in [1.165, 1.54) is 19.5 Å². The van der Waals surface area contributed by atoms with Crippen LogP contribution in [-0.2, 0) is 11.3 Å². The largest absolute Gasteiger partial charge is 0.481 e. The third kappa shape index (κ3) is 6.53. The number of nitrogens with zero attached hydrogens (tertiary/aromatic N) is 4. The van der Waals surface area contributed by atoms with Gasteiger partial charge in [0.15, 0.2) is 0 Å². The maximum atomic E-state index is 12.6.